The molecular formula is C34H32O6. The van der Waals surface area contributed by atoms with Crippen molar-refractivity contribution < 1.29 is 28.6 Å². The maximum Gasteiger partial charge on any atom is 0.338 e. The second kappa shape index (κ2) is 11.6. The number of benzene rings is 3. The standard InChI is InChI=1S/C34H32O6/c1-19(2)32(35)38-26-12-14-28(31(18-26)40-34(37)21(5)6)24-10-13-27(22(7)16-24)25-9-8-23-11-15-30(29(23)17-25)39-33(36)20(3)4/h8-10,12-14,16-18,30H,1,3,5,11,15H2,2,4,6-7H3. The number of fused-ring (bicyclic) bond motifs is 1. The van der Waals surface area contributed by atoms with Gasteiger partial charge in [0.15, 0.2) is 0 Å². The third kappa shape index (κ3) is 6.12. The first kappa shape index (κ1) is 28.3. The summed E-state index contributed by atoms with van der Waals surface area (Å²) in [5.74, 6) is -1.07. The number of hydrogen-bond donors (Lipinski definition) is 0. The topological polar surface area (TPSA) is 78.9 Å². The molecule has 6 nitrogen and oxygen atoms in total. The molecule has 6 heteroatoms. The molecule has 1 aliphatic carbocycles. The number of aryl methyl sites for hydroxylation is 2. The minimum atomic E-state index is -0.585. The van der Waals surface area contributed by atoms with Gasteiger partial charge in [-0.05, 0) is 92.1 Å². The van der Waals surface area contributed by atoms with E-state index in [9.17, 15) is 14.4 Å². The Morgan fingerprint density at radius 3 is 1.98 bits per heavy atom. The Morgan fingerprint density at radius 1 is 0.725 bits per heavy atom. The van der Waals surface area contributed by atoms with Crippen LogP contribution in [0.4, 0.5) is 0 Å². The van der Waals surface area contributed by atoms with Crippen LogP contribution in [-0.2, 0) is 25.5 Å². The first-order valence-corrected chi connectivity index (χ1v) is 12.9. The van der Waals surface area contributed by atoms with Gasteiger partial charge in [-0.3, -0.25) is 0 Å². The van der Waals surface area contributed by atoms with Crippen LogP contribution in [0.25, 0.3) is 22.3 Å². The lowest BCUT2D eigenvalue weighted by Crippen LogP contribution is -2.11. The molecule has 0 aromatic heterocycles. The molecule has 3 aromatic rings. The SMILES string of the molecule is C=C(C)C(=O)Oc1ccc(-c2ccc(-c3ccc4c(c3)C(OC(=O)C(=C)C)CC4)c(C)c2)c(OC(=O)C(=C)C)c1. The van der Waals surface area contributed by atoms with Crippen molar-refractivity contribution in [2.75, 3.05) is 0 Å². The predicted octanol–water partition coefficient (Wildman–Crippen LogP) is 7.40. The average Bonchev–Trinajstić information content (AvgIpc) is 3.30. The van der Waals surface area contributed by atoms with Gasteiger partial charge in [0.2, 0.25) is 0 Å². The molecule has 40 heavy (non-hydrogen) atoms. The van der Waals surface area contributed by atoms with E-state index >= 15 is 0 Å². The van der Waals surface area contributed by atoms with Crippen LogP contribution in [0.2, 0.25) is 0 Å². The molecule has 0 radical (unpaired) electrons. The molecule has 1 atom stereocenters. The molecule has 0 amide bonds. The molecule has 204 valence electrons. The highest BCUT2D eigenvalue weighted by Crippen LogP contribution is 2.40. The summed E-state index contributed by atoms with van der Waals surface area (Å²) in [6, 6.07) is 17.1. The van der Waals surface area contributed by atoms with E-state index in [2.05, 4.69) is 37.9 Å². The lowest BCUT2D eigenvalue weighted by molar-refractivity contribution is -0.144. The van der Waals surface area contributed by atoms with E-state index in [1.165, 1.54) is 11.6 Å². The Bertz CT molecular complexity index is 1580. The molecule has 0 spiro atoms. The molecule has 0 N–H and O–H groups in total. The number of ether oxygens (including phenoxy) is 3. The normalized spacial score (nSPS) is 13.7. The van der Waals surface area contributed by atoms with E-state index in [0.29, 0.717) is 11.1 Å². The smallest absolute Gasteiger partial charge is 0.338 e. The van der Waals surface area contributed by atoms with E-state index < -0.39 is 11.9 Å². The van der Waals surface area contributed by atoms with Crippen molar-refractivity contribution >= 4 is 17.9 Å². The molecular weight excluding hydrogens is 504 g/mol. The zero-order valence-electron chi connectivity index (χ0n) is 23.3. The Morgan fingerprint density at radius 2 is 1.32 bits per heavy atom. The van der Waals surface area contributed by atoms with Gasteiger partial charge in [0.25, 0.3) is 0 Å². The number of esters is 3. The fraction of sp³-hybridized carbons (Fsp3) is 0.206. The highest BCUT2D eigenvalue weighted by Gasteiger charge is 2.26. The van der Waals surface area contributed by atoms with Crippen molar-refractivity contribution in [2.24, 2.45) is 0 Å². The highest BCUT2D eigenvalue weighted by molar-refractivity contribution is 5.91. The molecule has 0 fully saturated rings. The molecule has 1 unspecified atom stereocenters. The highest BCUT2D eigenvalue weighted by atomic mass is 16.6. The van der Waals surface area contributed by atoms with Crippen LogP contribution in [0, 0.1) is 6.92 Å². The quantitative estimate of drug-likeness (QED) is 0.170. The van der Waals surface area contributed by atoms with Gasteiger partial charge >= 0.3 is 17.9 Å². The fourth-order valence-corrected chi connectivity index (χ4v) is 4.51. The Hall–Kier alpha value is -4.71. The Labute approximate surface area is 234 Å². The van der Waals surface area contributed by atoms with Gasteiger partial charge in [-0.15, -0.1) is 0 Å². The van der Waals surface area contributed by atoms with E-state index in [1.54, 1.807) is 32.9 Å². The van der Waals surface area contributed by atoms with Crippen LogP contribution in [0.5, 0.6) is 11.5 Å². The van der Waals surface area contributed by atoms with Crippen molar-refractivity contribution in [1.29, 1.82) is 0 Å². The number of rotatable bonds is 8. The maximum atomic E-state index is 12.4. The third-order valence-corrected chi connectivity index (χ3v) is 6.68. The minimum Gasteiger partial charge on any atom is -0.454 e. The zero-order chi connectivity index (χ0) is 29.1. The lowest BCUT2D eigenvalue weighted by atomic mass is 9.93. The van der Waals surface area contributed by atoms with E-state index in [0.717, 1.165) is 40.7 Å². The second-order valence-electron chi connectivity index (χ2n) is 10.2. The minimum absolute atomic E-state index is 0.231. The van der Waals surface area contributed by atoms with Crippen molar-refractivity contribution in [3.05, 3.63) is 108 Å². The first-order valence-electron chi connectivity index (χ1n) is 12.9. The van der Waals surface area contributed by atoms with Crippen LogP contribution < -0.4 is 9.47 Å². The van der Waals surface area contributed by atoms with Crippen molar-refractivity contribution in [1.82, 2.24) is 0 Å². The summed E-state index contributed by atoms with van der Waals surface area (Å²) in [5.41, 5.74) is 7.57. The van der Waals surface area contributed by atoms with Crippen LogP contribution in [-0.4, -0.2) is 17.9 Å². The van der Waals surface area contributed by atoms with Gasteiger partial charge in [0.05, 0.1) is 0 Å². The molecule has 0 saturated carbocycles. The first-order chi connectivity index (χ1) is 18.9. The molecule has 1 aliphatic rings. The summed E-state index contributed by atoms with van der Waals surface area (Å²) in [6.07, 6.45) is 1.31. The summed E-state index contributed by atoms with van der Waals surface area (Å²) < 4.78 is 16.6. The summed E-state index contributed by atoms with van der Waals surface area (Å²) >= 11 is 0. The van der Waals surface area contributed by atoms with Crippen molar-refractivity contribution in [3.8, 4) is 33.8 Å². The second-order valence-corrected chi connectivity index (χ2v) is 10.2. The summed E-state index contributed by atoms with van der Waals surface area (Å²) in [5, 5.41) is 0. The van der Waals surface area contributed by atoms with Gasteiger partial charge in [-0.2, -0.15) is 0 Å². The molecule has 4 rings (SSSR count). The van der Waals surface area contributed by atoms with Gasteiger partial charge in [0.1, 0.15) is 17.6 Å². The molecule has 0 heterocycles. The number of hydrogen-bond acceptors (Lipinski definition) is 6. The zero-order valence-corrected chi connectivity index (χ0v) is 23.3. The van der Waals surface area contributed by atoms with Crippen LogP contribution >= 0.6 is 0 Å². The largest absolute Gasteiger partial charge is 0.454 e. The van der Waals surface area contributed by atoms with Crippen molar-refractivity contribution in [3.63, 3.8) is 0 Å². The third-order valence-electron chi connectivity index (χ3n) is 6.68. The maximum absolute atomic E-state index is 12.4. The van der Waals surface area contributed by atoms with Gasteiger partial charge in [-0.1, -0.05) is 50.1 Å². The van der Waals surface area contributed by atoms with Crippen LogP contribution in [0.3, 0.4) is 0 Å². The fourth-order valence-electron chi connectivity index (χ4n) is 4.51. The lowest BCUT2D eigenvalue weighted by Gasteiger charge is -2.16. The number of carbonyl (C=O) groups excluding carboxylic acids is 3. The summed E-state index contributed by atoms with van der Waals surface area (Å²) in [6.45, 7) is 17.7. The van der Waals surface area contributed by atoms with E-state index in [4.69, 9.17) is 14.2 Å². The number of carbonyl (C=O) groups is 3. The average molecular weight is 537 g/mol. The van der Waals surface area contributed by atoms with Gasteiger partial charge in [0, 0.05) is 28.3 Å². The Kier molecular flexibility index (Phi) is 8.19. The summed E-state index contributed by atoms with van der Waals surface area (Å²) in [7, 11) is 0. The predicted molar refractivity (Wildman–Crippen MR) is 155 cm³/mol. The monoisotopic (exact) mass is 536 g/mol. The van der Waals surface area contributed by atoms with Gasteiger partial charge < -0.3 is 14.2 Å². The van der Waals surface area contributed by atoms with Crippen LogP contribution in [0.1, 0.15) is 50.0 Å². The molecule has 3 aromatic carbocycles. The summed E-state index contributed by atoms with van der Waals surface area (Å²) in [4.78, 5) is 36.6. The van der Waals surface area contributed by atoms with E-state index in [-0.39, 0.29) is 34.7 Å². The Balaban J connectivity index is 1.68. The van der Waals surface area contributed by atoms with Crippen molar-refractivity contribution in [2.45, 2.75) is 46.6 Å². The molecule has 0 bridgehead atoms. The molecule has 0 aliphatic heterocycles. The van der Waals surface area contributed by atoms with E-state index in [1.807, 2.05) is 25.1 Å². The molecule has 0 saturated heterocycles. The van der Waals surface area contributed by atoms with Gasteiger partial charge in [-0.25, -0.2) is 14.4 Å². The van der Waals surface area contributed by atoms with Crippen LogP contribution in [0.15, 0.2) is 91.1 Å².